The summed E-state index contributed by atoms with van der Waals surface area (Å²) in [4.78, 5) is 17.2. The minimum absolute atomic E-state index is 0.150. The number of benzene rings is 2. The molecule has 1 aromatic heterocycles. The second-order valence-electron chi connectivity index (χ2n) is 6.85. The number of carbonyl (C=O) groups is 1. The van der Waals surface area contributed by atoms with Crippen molar-refractivity contribution in [3.63, 3.8) is 0 Å². The Labute approximate surface area is 176 Å². The fourth-order valence-electron chi connectivity index (χ4n) is 3.02. The zero-order valence-corrected chi connectivity index (χ0v) is 17.5. The van der Waals surface area contributed by atoms with Crippen LogP contribution < -0.4 is 10.1 Å². The third-order valence-electron chi connectivity index (χ3n) is 4.76. The lowest BCUT2D eigenvalue weighted by Gasteiger charge is -2.07. The number of nitrogens with zero attached hydrogens (tertiary/aromatic N) is 3. The van der Waals surface area contributed by atoms with E-state index < -0.39 is 0 Å². The molecule has 1 heterocycles. The Morgan fingerprint density at radius 3 is 2.57 bits per heavy atom. The summed E-state index contributed by atoms with van der Waals surface area (Å²) >= 11 is 0. The van der Waals surface area contributed by atoms with Crippen LogP contribution in [0.1, 0.15) is 28.1 Å². The van der Waals surface area contributed by atoms with E-state index in [1.807, 2.05) is 61.0 Å². The predicted molar refractivity (Wildman–Crippen MR) is 116 cm³/mol. The number of aromatic nitrogens is 2. The van der Waals surface area contributed by atoms with Gasteiger partial charge >= 0.3 is 0 Å². The Morgan fingerprint density at radius 1 is 1.13 bits per heavy atom. The lowest BCUT2D eigenvalue weighted by Crippen LogP contribution is -2.27. The number of nitrogens with one attached hydrogen (secondary N) is 1. The van der Waals surface area contributed by atoms with Crippen LogP contribution in [0.15, 0.2) is 59.8 Å². The number of aryl methyl sites for hydroxylation is 1. The van der Waals surface area contributed by atoms with Crippen molar-refractivity contribution >= 4 is 12.1 Å². The van der Waals surface area contributed by atoms with E-state index in [1.54, 1.807) is 13.3 Å². The van der Waals surface area contributed by atoms with Crippen LogP contribution >= 0.6 is 0 Å². The van der Waals surface area contributed by atoms with E-state index in [1.165, 1.54) is 5.56 Å². The summed E-state index contributed by atoms with van der Waals surface area (Å²) in [5.41, 5.74) is 4.99. The Bertz CT molecular complexity index is 995. The van der Waals surface area contributed by atoms with Crippen molar-refractivity contribution in [3.8, 4) is 5.75 Å². The third-order valence-corrected chi connectivity index (χ3v) is 4.76. The van der Waals surface area contributed by atoms with Gasteiger partial charge in [-0.05, 0) is 49.2 Å². The minimum Gasteiger partial charge on any atom is -0.497 e. The number of oxime groups is 1. The molecule has 2 aromatic carbocycles. The van der Waals surface area contributed by atoms with Crippen molar-refractivity contribution in [2.75, 3.05) is 13.7 Å². The largest absolute Gasteiger partial charge is 0.497 e. The molecule has 0 saturated carbocycles. The maximum atomic E-state index is 12.1. The molecule has 3 rings (SSSR count). The molecule has 0 aliphatic rings. The first-order chi connectivity index (χ1) is 14.6. The van der Waals surface area contributed by atoms with Crippen molar-refractivity contribution < 1.29 is 14.4 Å². The molecule has 0 saturated heterocycles. The van der Waals surface area contributed by atoms with E-state index in [-0.39, 0.29) is 12.5 Å². The summed E-state index contributed by atoms with van der Waals surface area (Å²) < 4.78 is 7.06. The number of rotatable bonds is 9. The summed E-state index contributed by atoms with van der Waals surface area (Å²) in [6.07, 6.45) is 1.55. The van der Waals surface area contributed by atoms with E-state index in [0.717, 1.165) is 28.3 Å². The normalized spacial score (nSPS) is 10.9. The quantitative estimate of drug-likeness (QED) is 0.437. The minimum atomic E-state index is -0.239. The second-order valence-corrected chi connectivity index (χ2v) is 6.85. The van der Waals surface area contributed by atoms with Crippen LogP contribution in [0, 0.1) is 13.8 Å². The van der Waals surface area contributed by atoms with Crippen LogP contribution in [0.2, 0.25) is 0 Å². The molecule has 0 aliphatic carbocycles. The summed E-state index contributed by atoms with van der Waals surface area (Å²) in [7, 11) is 1.61. The lowest BCUT2D eigenvalue weighted by atomic mass is 10.2. The molecule has 0 radical (unpaired) electrons. The average Bonchev–Trinajstić information content (AvgIpc) is 3.03. The molecule has 30 heavy (non-hydrogen) atoms. The van der Waals surface area contributed by atoms with E-state index in [0.29, 0.717) is 13.1 Å². The summed E-state index contributed by atoms with van der Waals surface area (Å²) in [6, 6.07) is 17.5. The van der Waals surface area contributed by atoms with Crippen LogP contribution in [0.5, 0.6) is 5.75 Å². The van der Waals surface area contributed by atoms with E-state index in [2.05, 4.69) is 27.7 Å². The SMILES string of the molecule is COc1ccc(/C=N\OCC(=O)NCc2c(C)nn(Cc3ccccc3)c2C)cc1. The number of amides is 1. The van der Waals surface area contributed by atoms with Gasteiger partial charge in [0.1, 0.15) is 5.75 Å². The van der Waals surface area contributed by atoms with Crippen LogP contribution in [0.25, 0.3) is 0 Å². The zero-order valence-electron chi connectivity index (χ0n) is 17.5. The Kier molecular flexibility index (Phi) is 7.21. The molecule has 0 bridgehead atoms. The van der Waals surface area contributed by atoms with Crippen LogP contribution in [-0.2, 0) is 22.7 Å². The summed E-state index contributed by atoms with van der Waals surface area (Å²) in [5.74, 6) is 0.529. The van der Waals surface area contributed by atoms with Crippen molar-refractivity contribution in [2.45, 2.75) is 26.9 Å². The molecule has 0 atom stereocenters. The molecule has 156 valence electrons. The highest BCUT2D eigenvalue weighted by Gasteiger charge is 2.13. The zero-order chi connectivity index (χ0) is 21.3. The van der Waals surface area contributed by atoms with Gasteiger partial charge in [-0.3, -0.25) is 9.48 Å². The van der Waals surface area contributed by atoms with Crippen molar-refractivity contribution in [3.05, 3.63) is 82.7 Å². The van der Waals surface area contributed by atoms with Crippen LogP contribution in [0.4, 0.5) is 0 Å². The molecule has 7 heteroatoms. The van der Waals surface area contributed by atoms with Gasteiger partial charge in [-0.1, -0.05) is 35.5 Å². The van der Waals surface area contributed by atoms with Gasteiger partial charge in [0, 0.05) is 17.8 Å². The monoisotopic (exact) mass is 406 g/mol. The molecular weight excluding hydrogens is 380 g/mol. The van der Waals surface area contributed by atoms with Crippen LogP contribution in [0.3, 0.4) is 0 Å². The predicted octanol–water partition coefficient (Wildman–Crippen LogP) is 3.22. The van der Waals surface area contributed by atoms with Gasteiger partial charge in [0.2, 0.25) is 0 Å². The maximum absolute atomic E-state index is 12.1. The van der Waals surface area contributed by atoms with Gasteiger partial charge in [0.15, 0.2) is 6.61 Å². The molecule has 0 spiro atoms. The highest BCUT2D eigenvalue weighted by Crippen LogP contribution is 2.14. The Hall–Kier alpha value is -3.61. The van der Waals surface area contributed by atoms with Crippen molar-refractivity contribution in [2.24, 2.45) is 5.16 Å². The number of carbonyl (C=O) groups excluding carboxylic acids is 1. The molecule has 0 aliphatic heterocycles. The Morgan fingerprint density at radius 2 is 1.87 bits per heavy atom. The molecule has 0 unspecified atom stereocenters. The van der Waals surface area contributed by atoms with Gasteiger partial charge in [0.25, 0.3) is 5.91 Å². The van der Waals surface area contributed by atoms with Crippen molar-refractivity contribution in [1.82, 2.24) is 15.1 Å². The highest BCUT2D eigenvalue weighted by molar-refractivity contribution is 5.80. The summed E-state index contributed by atoms with van der Waals surface area (Å²) in [5, 5.41) is 11.3. The lowest BCUT2D eigenvalue weighted by molar-refractivity contribution is -0.125. The first-order valence-electron chi connectivity index (χ1n) is 9.69. The van der Waals surface area contributed by atoms with Gasteiger partial charge in [-0.2, -0.15) is 5.10 Å². The topological polar surface area (TPSA) is 77.7 Å². The number of hydrogen-bond acceptors (Lipinski definition) is 5. The smallest absolute Gasteiger partial charge is 0.261 e. The van der Waals surface area contributed by atoms with E-state index in [4.69, 9.17) is 9.57 Å². The van der Waals surface area contributed by atoms with E-state index >= 15 is 0 Å². The third kappa shape index (κ3) is 5.70. The van der Waals surface area contributed by atoms with Crippen molar-refractivity contribution in [1.29, 1.82) is 0 Å². The molecule has 0 fully saturated rings. The Balaban J connectivity index is 1.47. The van der Waals surface area contributed by atoms with Gasteiger partial charge in [0.05, 0.1) is 25.6 Å². The van der Waals surface area contributed by atoms with Gasteiger partial charge in [-0.15, -0.1) is 0 Å². The fraction of sp³-hybridized carbons (Fsp3) is 0.261. The molecular formula is C23H26N4O3. The standard InChI is InChI=1S/C23H26N4O3/c1-17-22(18(2)27(26-17)15-20-7-5-4-6-8-20)14-24-23(28)16-30-25-13-19-9-11-21(29-3)12-10-19/h4-13H,14-16H2,1-3H3,(H,24,28)/b25-13-. The number of ether oxygens (including phenoxy) is 1. The first-order valence-corrected chi connectivity index (χ1v) is 9.69. The van der Waals surface area contributed by atoms with E-state index in [9.17, 15) is 4.79 Å². The van der Waals surface area contributed by atoms with Gasteiger partial charge in [-0.25, -0.2) is 0 Å². The molecule has 1 N–H and O–H groups in total. The fourth-order valence-corrected chi connectivity index (χ4v) is 3.02. The number of hydrogen-bond donors (Lipinski definition) is 1. The highest BCUT2D eigenvalue weighted by atomic mass is 16.6. The maximum Gasteiger partial charge on any atom is 0.261 e. The average molecular weight is 406 g/mol. The van der Waals surface area contributed by atoms with Gasteiger partial charge < -0.3 is 14.9 Å². The summed E-state index contributed by atoms with van der Waals surface area (Å²) in [6.45, 7) is 4.91. The number of methoxy groups -OCH3 is 1. The first kappa shape index (κ1) is 21.1. The second kappa shape index (κ2) is 10.2. The molecule has 1 amide bonds. The molecule has 3 aromatic rings. The molecule has 7 nitrogen and oxygen atoms in total. The van der Waals surface area contributed by atoms with Crippen LogP contribution in [-0.4, -0.2) is 35.6 Å².